The van der Waals surface area contributed by atoms with Gasteiger partial charge < -0.3 is 25.8 Å². The molecule has 0 atom stereocenters. The van der Waals surface area contributed by atoms with Gasteiger partial charge in [-0.1, -0.05) is 15.9 Å². The highest BCUT2D eigenvalue weighted by Crippen LogP contribution is 2.33. The number of nitrogen functional groups attached to an aromatic ring is 1. The number of anilines is 1. The summed E-state index contributed by atoms with van der Waals surface area (Å²) in [5.74, 6) is 0.844. The highest BCUT2D eigenvalue weighted by molar-refractivity contribution is 9.10. The van der Waals surface area contributed by atoms with Gasteiger partial charge in [0.2, 0.25) is 11.5 Å². The van der Waals surface area contributed by atoms with Gasteiger partial charge in [-0.25, -0.2) is 4.63 Å². The Morgan fingerprint density at radius 2 is 1.96 bits per heavy atom. The van der Waals surface area contributed by atoms with E-state index in [9.17, 15) is 4.79 Å². The van der Waals surface area contributed by atoms with Crippen molar-refractivity contribution in [2.45, 2.75) is 6.54 Å². The molecule has 0 radical (unpaired) electrons. The Balaban J connectivity index is 1.80. The van der Waals surface area contributed by atoms with E-state index in [1.165, 1.54) is 0 Å². The lowest BCUT2D eigenvalue weighted by Gasteiger charge is -2.12. The molecule has 9 nitrogen and oxygen atoms in total. The van der Waals surface area contributed by atoms with Crippen LogP contribution in [0, 0.1) is 0 Å². The van der Waals surface area contributed by atoms with E-state index in [-0.39, 0.29) is 11.5 Å². The van der Waals surface area contributed by atoms with E-state index in [1.54, 1.807) is 14.2 Å². The van der Waals surface area contributed by atoms with Gasteiger partial charge in [0.1, 0.15) is 0 Å². The highest BCUT2D eigenvalue weighted by Gasteiger charge is 2.15. The first-order valence-electron chi connectivity index (χ1n) is 7.04. The summed E-state index contributed by atoms with van der Waals surface area (Å²) in [6.07, 6.45) is 0. The third-order valence-corrected chi connectivity index (χ3v) is 3.92. The molecule has 0 aliphatic rings. The van der Waals surface area contributed by atoms with E-state index in [4.69, 9.17) is 15.2 Å². The average Bonchev–Trinajstić information content (AvgIpc) is 3.01. The molecule has 4 N–H and O–H groups in total. The summed E-state index contributed by atoms with van der Waals surface area (Å²) in [5.41, 5.74) is 6.43. The molecule has 0 aliphatic heterocycles. The van der Waals surface area contributed by atoms with Crippen LogP contribution in [0.1, 0.15) is 16.1 Å². The van der Waals surface area contributed by atoms with E-state index in [2.05, 4.69) is 41.5 Å². The summed E-state index contributed by atoms with van der Waals surface area (Å²) in [5, 5.41) is 12.7. The Labute approximate surface area is 147 Å². The number of halogens is 1. The summed E-state index contributed by atoms with van der Waals surface area (Å²) < 4.78 is 15.8. The maximum absolute atomic E-state index is 11.7. The van der Waals surface area contributed by atoms with E-state index in [0.717, 1.165) is 10.0 Å². The molecule has 1 heterocycles. The van der Waals surface area contributed by atoms with Gasteiger partial charge in [0.15, 0.2) is 11.5 Å². The summed E-state index contributed by atoms with van der Waals surface area (Å²) in [4.78, 5) is 11.7. The van der Waals surface area contributed by atoms with Crippen molar-refractivity contribution in [3.63, 3.8) is 0 Å². The lowest BCUT2D eigenvalue weighted by molar-refractivity contribution is 0.0944. The molecule has 0 fully saturated rings. The first-order valence-corrected chi connectivity index (χ1v) is 7.83. The van der Waals surface area contributed by atoms with Crippen LogP contribution in [-0.4, -0.2) is 43.5 Å². The van der Waals surface area contributed by atoms with Crippen molar-refractivity contribution in [2.75, 3.05) is 33.0 Å². The zero-order valence-electron chi connectivity index (χ0n) is 13.3. The molecular formula is C14H18BrN5O4. The number of nitrogens with zero attached hydrogens (tertiary/aromatic N) is 2. The van der Waals surface area contributed by atoms with Crippen LogP contribution in [0.3, 0.4) is 0 Å². The molecule has 1 aromatic carbocycles. The Morgan fingerprint density at radius 3 is 2.58 bits per heavy atom. The van der Waals surface area contributed by atoms with Crippen LogP contribution in [-0.2, 0) is 6.54 Å². The number of benzene rings is 1. The maximum Gasteiger partial charge on any atom is 0.277 e. The number of nitrogens with one attached hydrogen (secondary N) is 2. The third-order valence-electron chi connectivity index (χ3n) is 3.18. The Hall–Kier alpha value is -2.33. The largest absolute Gasteiger partial charge is 0.493 e. The summed E-state index contributed by atoms with van der Waals surface area (Å²) >= 11 is 3.49. The summed E-state index contributed by atoms with van der Waals surface area (Å²) in [6, 6.07) is 3.73. The fourth-order valence-electron chi connectivity index (χ4n) is 1.96. The quantitative estimate of drug-likeness (QED) is 0.560. The van der Waals surface area contributed by atoms with E-state index in [0.29, 0.717) is 31.1 Å². The molecule has 2 aromatic rings. The highest BCUT2D eigenvalue weighted by atomic mass is 79.9. The number of rotatable bonds is 8. The van der Waals surface area contributed by atoms with Gasteiger partial charge in [0, 0.05) is 24.1 Å². The molecule has 0 unspecified atom stereocenters. The molecule has 1 aromatic heterocycles. The summed E-state index contributed by atoms with van der Waals surface area (Å²) in [6.45, 7) is 1.54. The number of carbonyl (C=O) groups excluding carboxylic acids is 1. The average molecular weight is 400 g/mol. The molecule has 24 heavy (non-hydrogen) atoms. The van der Waals surface area contributed by atoms with Gasteiger partial charge in [-0.3, -0.25) is 4.79 Å². The fourth-order valence-corrected chi connectivity index (χ4v) is 2.42. The van der Waals surface area contributed by atoms with Gasteiger partial charge in [0.05, 0.1) is 14.2 Å². The Kier molecular flexibility index (Phi) is 6.38. The standard InChI is InChI=1S/C14H18BrN5O4/c1-22-10-5-8(9(15)6-11(10)23-2)7-17-3-4-18-14(21)12-13(16)20-24-19-12/h5-6,17H,3-4,7H2,1-2H3,(H2,16,20)(H,18,21). The molecule has 130 valence electrons. The van der Waals surface area contributed by atoms with Crippen LogP contribution in [0.4, 0.5) is 5.82 Å². The molecule has 0 spiro atoms. The first-order chi connectivity index (χ1) is 11.6. The van der Waals surface area contributed by atoms with Gasteiger partial charge in [-0.05, 0) is 28.0 Å². The molecule has 0 bridgehead atoms. The smallest absolute Gasteiger partial charge is 0.277 e. The Bertz CT molecular complexity index is 706. The molecule has 0 aliphatic carbocycles. The van der Waals surface area contributed by atoms with Gasteiger partial charge in [0.25, 0.3) is 5.91 Å². The third kappa shape index (κ3) is 4.36. The number of amides is 1. The molecular weight excluding hydrogens is 382 g/mol. The second kappa shape index (κ2) is 8.50. The normalized spacial score (nSPS) is 10.5. The van der Waals surface area contributed by atoms with Crippen molar-refractivity contribution in [3.8, 4) is 11.5 Å². The molecule has 10 heteroatoms. The van der Waals surface area contributed by atoms with E-state index < -0.39 is 5.91 Å². The number of nitrogens with two attached hydrogens (primary N) is 1. The minimum Gasteiger partial charge on any atom is -0.493 e. The number of hydrogen-bond acceptors (Lipinski definition) is 8. The lowest BCUT2D eigenvalue weighted by atomic mass is 10.2. The molecule has 2 rings (SSSR count). The predicted molar refractivity (Wildman–Crippen MR) is 90.0 cm³/mol. The second-order valence-corrected chi connectivity index (χ2v) is 5.58. The van der Waals surface area contributed by atoms with Gasteiger partial charge in [-0.15, -0.1) is 0 Å². The van der Waals surface area contributed by atoms with Crippen molar-refractivity contribution in [2.24, 2.45) is 0 Å². The van der Waals surface area contributed by atoms with Crippen molar-refractivity contribution < 1.29 is 18.9 Å². The van der Waals surface area contributed by atoms with Crippen LogP contribution in [0.2, 0.25) is 0 Å². The Morgan fingerprint density at radius 1 is 1.25 bits per heavy atom. The molecule has 0 saturated heterocycles. The van der Waals surface area contributed by atoms with Crippen molar-refractivity contribution in [1.82, 2.24) is 20.9 Å². The van der Waals surface area contributed by atoms with Crippen molar-refractivity contribution in [3.05, 3.63) is 27.9 Å². The number of aromatic nitrogens is 2. The van der Waals surface area contributed by atoms with Crippen molar-refractivity contribution >= 4 is 27.7 Å². The van der Waals surface area contributed by atoms with E-state index >= 15 is 0 Å². The van der Waals surface area contributed by atoms with Crippen LogP contribution in [0.5, 0.6) is 11.5 Å². The second-order valence-electron chi connectivity index (χ2n) is 4.73. The zero-order chi connectivity index (χ0) is 17.5. The molecule has 0 saturated carbocycles. The van der Waals surface area contributed by atoms with Crippen LogP contribution >= 0.6 is 15.9 Å². The maximum atomic E-state index is 11.7. The number of methoxy groups -OCH3 is 2. The minimum atomic E-state index is -0.428. The monoisotopic (exact) mass is 399 g/mol. The summed E-state index contributed by atoms with van der Waals surface area (Å²) in [7, 11) is 3.17. The lowest BCUT2D eigenvalue weighted by Crippen LogP contribution is -2.32. The molecule has 1 amide bonds. The van der Waals surface area contributed by atoms with E-state index in [1.807, 2.05) is 12.1 Å². The predicted octanol–water partition coefficient (Wildman–Crippen LogP) is 0.951. The van der Waals surface area contributed by atoms with Crippen LogP contribution < -0.4 is 25.8 Å². The minimum absolute atomic E-state index is 0.0161. The fraction of sp³-hybridized carbons (Fsp3) is 0.357. The van der Waals surface area contributed by atoms with Gasteiger partial charge in [-0.2, -0.15) is 0 Å². The van der Waals surface area contributed by atoms with Crippen LogP contribution in [0.25, 0.3) is 0 Å². The first kappa shape index (κ1) is 18.0. The number of carbonyl (C=O) groups is 1. The SMILES string of the molecule is COc1cc(Br)c(CNCCNC(=O)c2nonc2N)cc1OC. The van der Waals surface area contributed by atoms with Crippen LogP contribution in [0.15, 0.2) is 21.2 Å². The topological polar surface area (TPSA) is 125 Å². The van der Waals surface area contributed by atoms with Crippen molar-refractivity contribution in [1.29, 1.82) is 0 Å². The van der Waals surface area contributed by atoms with Gasteiger partial charge >= 0.3 is 0 Å². The number of hydrogen-bond donors (Lipinski definition) is 3. The number of ether oxygens (including phenoxy) is 2. The zero-order valence-corrected chi connectivity index (χ0v) is 14.8.